The number of methoxy groups -OCH3 is 1. The number of aliphatic hydroxyl groups is 1. The zero-order valence-electron chi connectivity index (χ0n) is 12.8. The second-order valence-electron chi connectivity index (χ2n) is 4.77. The Labute approximate surface area is 134 Å². The van der Waals surface area contributed by atoms with Crippen LogP contribution in [0.25, 0.3) is 0 Å². The molecular weight excluding hydrogens is 338 g/mol. The van der Waals surface area contributed by atoms with Gasteiger partial charge in [-0.2, -0.15) is 0 Å². The minimum absolute atomic E-state index is 0.0556. The molecule has 0 bridgehead atoms. The van der Waals surface area contributed by atoms with E-state index in [4.69, 9.17) is 19.3 Å². The van der Waals surface area contributed by atoms with Gasteiger partial charge in [-0.1, -0.05) is 15.9 Å². The fourth-order valence-corrected chi connectivity index (χ4v) is 2.21. The van der Waals surface area contributed by atoms with Gasteiger partial charge in [-0.15, -0.1) is 0 Å². The van der Waals surface area contributed by atoms with Crippen LogP contribution >= 0.6 is 15.9 Å². The molecule has 5 nitrogen and oxygen atoms in total. The van der Waals surface area contributed by atoms with Crippen LogP contribution in [0.3, 0.4) is 0 Å². The Kier molecular flexibility index (Phi) is 8.68. The largest absolute Gasteiger partial charge is 0.493 e. The number of rotatable bonds is 10. The summed E-state index contributed by atoms with van der Waals surface area (Å²) in [6, 6.07) is 3.89. The van der Waals surface area contributed by atoms with Crippen molar-refractivity contribution < 1.29 is 19.3 Å². The van der Waals surface area contributed by atoms with Gasteiger partial charge in [0, 0.05) is 17.6 Å². The molecule has 0 spiro atoms. The highest BCUT2D eigenvalue weighted by atomic mass is 79.9. The smallest absolute Gasteiger partial charge is 0.162 e. The summed E-state index contributed by atoms with van der Waals surface area (Å²) in [7, 11) is 1.64. The molecule has 6 heteroatoms. The maximum atomic E-state index is 8.61. The second kappa shape index (κ2) is 10.00. The Hall–Kier alpha value is -0.820. The molecule has 1 aromatic rings. The summed E-state index contributed by atoms with van der Waals surface area (Å²) >= 11 is 3.55. The van der Waals surface area contributed by atoms with E-state index in [0.29, 0.717) is 19.8 Å². The molecule has 0 saturated carbocycles. The van der Waals surface area contributed by atoms with Crippen LogP contribution in [0.4, 0.5) is 0 Å². The van der Waals surface area contributed by atoms with Crippen molar-refractivity contribution in [2.75, 3.05) is 33.5 Å². The zero-order valence-corrected chi connectivity index (χ0v) is 14.4. The lowest BCUT2D eigenvalue weighted by molar-refractivity contribution is 0.0938. The predicted molar refractivity (Wildman–Crippen MR) is 86.1 cm³/mol. The standard InChI is InChI=1S/C15H24BrNO4/c1-11(2)21-15-9-13(16)12(8-14(15)19-3)10-17-4-6-20-7-5-18/h8-9,11,17-18H,4-7,10H2,1-3H3. The first-order valence-electron chi connectivity index (χ1n) is 7.00. The summed E-state index contributed by atoms with van der Waals surface area (Å²) in [5, 5.41) is 11.9. The van der Waals surface area contributed by atoms with Crippen molar-refractivity contribution in [3.05, 3.63) is 22.2 Å². The van der Waals surface area contributed by atoms with Crippen LogP contribution in [0.15, 0.2) is 16.6 Å². The Morgan fingerprint density at radius 2 is 2.00 bits per heavy atom. The highest BCUT2D eigenvalue weighted by Gasteiger charge is 2.11. The van der Waals surface area contributed by atoms with E-state index in [2.05, 4.69) is 21.2 Å². The van der Waals surface area contributed by atoms with Crippen molar-refractivity contribution in [2.24, 2.45) is 0 Å². The normalized spacial score (nSPS) is 11.0. The maximum Gasteiger partial charge on any atom is 0.162 e. The number of hydrogen-bond acceptors (Lipinski definition) is 5. The Balaban J connectivity index is 2.58. The third kappa shape index (κ3) is 6.65. The van der Waals surface area contributed by atoms with E-state index < -0.39 is 0 Å². The third-order valence-corrected chi connectivity index (χ3v) is 3.41. The number of nitrogens with one attached hydrogen (secondary N) is 1. The van der Waals surface area contributed by atoms with E-state index in [0.717, 1.165) is 28.1 Å². The molecule has 2 N–H and O–H groups in total. The van der Waals surface area contributed by atoms with Gasteiger partial charge in [0.1, 0.15) is 0 Å². The summed E-state index contributed by atoms with van der Waals surface area (Å²) in [4.78, 5) is 0. The molecule has 0 fully saturated rings. The van der Waals surface area contributed by atoms with Gasteiger partial charge < -0.3 is 24.6 Å². The van der Waals surface area contributed by atoms with E-state index in [-0.39, 0.29) is 12.7 Å². The number of aliphatic hydroxyl groups excluding tert-OH is 1. The summed E-state index contributed by atoms with van der Waals surface area (Å²) in [5.41, 5.74) is 1.09. The molecule has 0 aliphatic carbocycles. The zero-order chi connectivity index (χ0) is 15.7. The van der Waals surface area contributed by atoms with Crippen molar-refractivity contribution in [3.63, 3.8) is 0 Å². The molecule has 21 heavy (non-hydrogen) atoms. The average molecular weight is 362 g/mol. The molecule has 0 aliphatic rings. The van der Waals surface area contributed by atoms with Gasteiger partial charge in [0.25, 0.3) is 0 Å². The van der Waals surface area contributed by atoms with Gasteiger partial charge >= 0.3 is 0 Å². The monoisotopic (exact) mass is 361 g/mol. The van der Waals surface area contributed by atoms with Crippen molar-refractivity contribution in [2.45, 2.75) is 26.5 Å². The first kappa shape index (κ1) is 18.2. The van der Waals surface area contributed by atoms with Gasteiger partial charge in [-0.3, -0.25) is 0 Å². The van der Waals surface area contributed by atoms with Crippen molar-refractivity contribution in [1.82, 2.24) is 5.32 Å². The third-order valence-electron chi connectivity index (χ3n) is 2.67. The maximum absolute atomic E-state index is 8.61. The molecule has 120 valence electrons. The van der Waals surface area contributed by atoms with E-state index in [1.54, 1.807) is 7.11 Å². The summed E-state index contributed by atoms with van der Waals surface area (Å²) in [5.74, 6) is 1.45. The van der Waals surface area contributed by atoms with Crippen LogP contribution in [0.2, 0.25) is 0 Å². The Morgan fingerprint density at radius 1 is 1.24 bits per heavy atom. The van der Waals surface area contributed by atoms with Crippen LogP contribution in [-0.2, 0) is 11.3 Å². The van der Waals surface area contributed by atoms with Crippen LogP contribution in [-0.4, -0.2) is 44.7 Å². The fraction of sp³-hybridized carbons (Fsp3) is 0.600. The highest BCUT2D eigenvalue weighted by Crippen LogP contribution is 2.34. The lowest BCUT2D eigenvalue weighted by atomic mass is 10.2. The van der Waals surface area contributed by atoms with Gasteiger partial charge in [-0.05, 0) is 31.5 Å². The first-order valence-corrected chi connectivity index (χ1v) is 7.80. The molecule has 0 radical (unpaired) electrons. The van der Waals surface area contributed by atoms with Gasteiger partial charge in [0.15, 0.2) is 11.5 Å². The van der Waals surface area contributed by atoms with Crippen LogP contribution in [0, 0.1) is 0 Å². The fourth-order valence-electron chi connectivity index (χ4n) is 1.75. The second-order valence-corrected chi connectivity index (χ2v) is 5.63. The van der Waals surface area contributed by atoms with Gasteiger partial charge in [-0.25, -0.2) is 0 Å². The van der Waals surface area contributed by atoms with E-state index in [1.807, 2.05) is 26.0 Å². The van der Waals surface area contributed by atoms with E-state index in [1.165, 1.54) is 0 Å². The van der Waals surface area contributed by atoms with Crippen LogP contribution in [0.1, 0.15) is 19.4 Å². The minimum Gasteiger partial charge on any atom is -0.493 e. The molecule has 0 saturated heterocycles. The molecule has 0 atom stereocenters. The lowest BCUT2D eigenvalue weighted by Gasteiger charge is -2.16. The number of halogens is 1. The molecule has 0 unspecified atom stereocenters. The van der Waals surface area contributed by atoms with Crippen LogP contribution < -0.4 is 14.8 Å². The number of hydrogen-bond donors (Lipinski definition) is 2. The molecule has 0 heterocycles. The summed E-state index contributed by atoms with van der Waals surface area (Å²) in [6.07, 6.45) is 0.0958. The number of ether oxygens (including phenoxy) is 3. The Bertz CT molecular complexity index is 426. The molecule has 0 aliphatic heterocycles. The van der Waals surface area contributed by atoms with Crippen molar-refractivity contribution in [3.8, 4) is 11.5 Å². The highest BCUT2D eigenvalue weighted by molar-refractivity contribution is 9.10. The van der Waals surface area contributed by atoms with Crippen molar-refractivity contribution in [1.29, 1.82) is 0 Å². The van der Waals surface area contributed by atoms with Crippen molar-refractivity contribution >= 4 is 15.9 Å². The summed E-state index contributed by atoms with van der Waals surface area (Å²) < 4.78 is 17.3. The van der Waals surface area contributed by atoms with E-state index >= 15 is 0 Å². The number of benzene rings is 1. The molecule has 1 rings (SSSR count). The molecule has 1 aromatic carbocycles. The van der Waals surface area contributed by atoms with Crippen LogP contribution in [0.5, 0.6) is 11.5 Å². The average Bonchev–Trinajstić information content (AvgIpc) is 2.44. The molecular formula is C15H24BrNO4. The molecule has 0 aromatic heterocycles. The Morgan fingerprint density at radius 3 is 2.62 bits per heavy atom. The van der Waals surface area contributed by atoms with E-state index in [9.17, 15) is 0 Å². The SMILES string of the molecule is COc1cc(CNCCOCCO)c(Br)cc1OC(C)C. The van der Waals surface area contributed by atoms with Gasteiger partial charge in [0.2, 0.25) is 0 Å². The van der Waals surface area contributed by atoms with Gasteiger partial charge in [0.05, 0.1) is 33.0 Å². The minimum atomic E-state index is 0.0556. The lowest BCUT2D eigenvalue weighted by Crippen LogP contribution is -2.20. The topological polar surface area (TPSA) is 60.0 Å². The predicted octanol–water partition coefficient (Wildman–Crippen LogP) is 2.34. The summed E-state index contributed by atoms with van der Waals surface area (Å²) in [6.45, 7) is 6.38. The molecule has 0 amide bonds. The first-order chi connectivity index (χ1) is 10.1. The quantitative estimate of drug-likeness (QED) is 0.626.